The Morgan fingerprint density at radius 2 is 1.88 bits per heavy atom. The number of urea groups is 1. The predicted molar refractivity (Wildman–Crippen MR) is 156 cm³/mol. The van der Waals surface area contributed by atoms with E-state index in [1.54, 1.807) is 62.7 Å². The monoisotopic (exact) mass is 603 g/mol. The van der Waals surface area contributed by atoms with E-state index >= 15 is 4.39 Å². The number of carbonyl (C=O) groups is 1. The molecule has 2 amide bonds. The van der Waals surface area contributed by atoms with Crippen molar-refractivity contribution in [3.63, 3.8) is 0 Å². The molecule has 216 valence electrons. The summed E-state index contributed by atoms with van der Waals surface area (Å²) in [7, 11) is -2.71. The van der Waals surface area contributed by atoms with Crippen LogP contribution in [0.1, 0.15) is 6.92 Å². The lowest BCUT2D eigenvalue weighted by atomic mass is 10.0. The fourth-order valence-corrected chi connectivity index (χ4v) is 4.74. The first-order valence-corrected chi connectivity index (χ1v) is 14.5. The highest BCUT2D eigenvalue weighted by Gasteiger charge is 2.27. The minimum Gasteiger partial charge on any atom is -0.383 e. The van der Waals surface area contributed by atoms with Crippen LogP contribution in [-0.4, -0.2) is 50.5 Å². The zero-order chi connectivity index (χ0) is 29.7. The predicted octanol–water partition coefficient (Wildman–Crippen LogP) is 4.86. The number of amides is 2. The number of hydrogen-bond donors (Lipinski definition) is 2. The molecule has 0 spiro atoms. The van der Waals surface area contributed by atoms with E-state index in [0.29, 0.717) is 48.4 Å². The molecule has 2 heterocycles. The van der Waals surface area contributed by atoms with E-state index in [1.807, 2.05) is 0 Å². The van der Waals surface area contributed by atoms with Gasteiger partial charge in [-0.05, 0) is 37.3 Å². The Morgan fingerprint density at radius 3 is 2.54 bits per heavy atom. The number of nitrogens with zero attached hydrogens (tertiary/aromatic N) is 3. The highest BCUT2D eigenvalue weighted by Crippen LogP contribution is 2.35. The Hall–Kier alpha value is -4.04. The number of pyridine rings is 2. The number of para-hydroxylation sites is 1. The number of halogens is 2. The molecule has 0 aliphatic heterocycles. The van der Waals surface area contributed by atoms with Crippen LogP contribution >= 0.6 is 11.6 Å². The number of benzene rings is 2. The number of aryl methyl sites for hydroxylation is 1. The highest BCUT2D eigenvalue weighted by atomic mass is 35.5. The minimum absolute atomic E-state index is 0.0501. The molecular formula is C27H27ClFN5O6S. The molecule has 0 aliphatic carbocycles. The summed E-state index contributed by atoms with van der Waals surface area (Å²) in [5.41, 5.74) is 0.000752. The maximum absolute atomic E-state index is 15.3. The summed E-state index contributed by atoms with van der Waals surface area (Å²) < 4.78 is 50.7. The number of ether oxygens (including phenoxy) is 1. The van der Waals surface area contributed by atoms with Crippen molar-refractivity contribution in [3.05, 3.63) is 82.0 Å². The summed E-state index contributed by atoms with van der Waals surface area (Å²) >= 11 is 6.39. The Morgan fingerprint density at radius 1 is 1.15 bits per heavy atom. The van der Waals surface area contributed by atoms with E-state index in [-0.39, 0.29) is 21.2 Å². The van der Waals surface area contributed by atoms with Crippen LogP contribution in [0.5, 0.6) is 0 Å². The quantitative estimate of drug-likeness (QED) is 0.194. The van der Waals surface area contributed by atoms with Gasteiger partial charge >= 0.3 is 6.03 Å². The summed E-state index contributed by atoms with van der Waals surface area (Å²) in [6, 6.07) is 12.2. The molecule has 2 N–H and O–H groups in total. The molecule has 0 fully saturated rings. The third-order valence-corrected chi connectivity index (χ3v) is 6.60. The minimum atomic E-state index is -4.30. The van der Waals surface area contributed by atoms with Gasteiger partial charge < -0.3 is 19.9 Å². The van der Waals surface area contributed by atoms with Gasteiger partial charge in [0.05, 0.1) is 23.4 Å². The number of fused-ring (bicyclic) bond motifs is 1. The summed E-state index contributed by atoms with van der Waals surface area (Å²) in [5.74, 6) is -0.514. The molecule has 41 heavy (non-hydrogen) atoms. The second-order valence-electron chi connectivity index (χ2n) is 8.81. The fourth-order valence-electron chi connectivity index (χ4n) is 4.07. The van der Waals surface area contributed by atoms with Crippen LogP contribution in [0.2, 0.25) is 5.02 Å². The molecule has 0 atom stereocenters. The molecule has 2 aromatic heterocycles. The molecule has 0 unspecified atom stereocenters. The van der Waals surface area contributed by atoms with Crippen molar-refractivity contribution in [2.45, 2.75) is 13.5 Å². The van der Waals surface area contributed by atoms with Gasteiger partial charge in [0.2, 0.25) is 0 Å². The lowest BCUT2D eigenvalue weighted by Crippen LogP contribution is -2.37. The van der Waals surface area contributed by atoms with Crippen molar-refractivity contribution in [3.8, 4) is 11.1 Å². The van der Waals surface area contributed by atoms with Crippen LogP contribution in [0.25, 0.3) is 22.0 Å². The van der Waals surface area contributed by atoms with Crippen LogP contribution in [0.15, 0.2) is 65.6 Å². The van der Waals surface area contributed by atoms with E-state index in [0.717, 1.165) is 12.1 Å². The first-order valence-electron chi connectivity index (χ1n) is 12.3. The Kier molecular flexibility index (Phi) is 9.23. The normalized spacial score (nSPS) is 11.4. The standard InChI is InChI=1S/C27H27ClFN5O6S/c1-4-33-23-15-25(30-10-11-39-2)31-16-17(23)12-20(26(33)35)19-13-24(22(29)14-21(19)28)34(40-41(3,37)38)27(36)32-18-8-6-5-7-9-18/h5-9,12-16H,4,10-11H2,1-3H3,(H,30,31)(H,32,36). The van der Waals surface area contributed by atoms with Gasteiger partial charge in [0.25, 0.3) is 15.7 Å². The van der Waals surface area contributed by atoms with Crippen molar-refractivity contribution in [2.75, 3.05) is 42.2 Å². The molecule has 4 rings (SSSR count). The number of carbonyl (C=O) groups excluding carboxylic acids is 1. The molecule has 4 aromatic rings. The second kappa shape index (κ2) is 12.6. The number of methoxy groups -OCH3 is 1. The summed E-state index contributed by atoms with van der Waals surface area (Å²) in [4.78, 5) is 31.1. The van der Waals surface area contributed by atoms with Gasteiger partial charge in [-0.25, -0.2) is 14.2 Å². The molecule has 2 aromatic carbocycles. The smallest absolute Gasteiger partial charge is 0.351 e. The van der Waals surface area contributed by atoms with E-state index in [2.05, 4.69) is 15.6 Å². The van der Waals surface area contributed by atoms with Crippen LogP contribution < -0.4 is 21.3 Å². The van der Waals surface area contributed by atoms with Gasteiger partial charge in [0.15, 0.2) is 5.82 Å². The van der Waals surface area contributed by atoms with E-state index in [4.69, 9.17) is 20.6 Å². The molecular weight excluding hydrogens is 577 g/mol. The first-order chi connectivity index (χ1) is 19.5. The van der Waals surface area contributed by atoms with E-state index in [9.17, 15) is 18.0 Å². The van der Waals surface area contributed by atoms with Crippen molar-refractivity contribution >= 4 is 55.8 Å². The number of rotatable bonds is 10. The van der Waals surface area contributed by atoms with Crippen LogP contribution in [0.3, 0.4) is 0 Å². The average Bonchev–Trinajstić information content (AvgIpc) is 2.92. The molecule has 14 heteroatoms. The van der Waals surface area contributed by atoms with Crippen LogP contribution in [-0.2, 0) is 25.7 Å². The molecule has 0 bridgehead atoms. The third-order valence-electron chi connectivity index (χ3n) is 5.87. The van der Waals surface area contributed by atoms with Crippen molar-refractivity contribution in [1.82, 2.24) is 9.55 Å². The highest BCUT2D eigenvalue weighted by molar-refractivity contribution is 7.86. The van der Waals surface area contributed by atoms with Gasteiger partial charge in [-0.1, -0.05) is 29.8 Å². The van der Waals surface area contributed by atoms with Crippen molar-refractivity contribution < 1.29 is 26.6 Å². The van der Waals surface area contributed by atoms with Gasteiger partial charge in [0.1, 0.15) is 11.5 Å². The Labute approximate surface area is 240 Å². The van der Waals surface area contributed by atoms with Gasteiger partial charge in [0, 0.05) is 54.7 Å². The third kappa shape index (κ3) is 7.00. The maximum Gasteiger partial charge on any atom is 0.351 e. The number of hydroxylamine groups is 1. The van der Waals surface area contributed by atoms with Crippen LogP contribution in [0.4, 0.5) is 26.4 Å². The van der Waals surface area contributed by atoms with Gasteiger partial charge in [-0.3, -0.25) is 4.79 Å². The number of hydrogen-bond acceptors (Lipinski definition) is 8. The molecule has 0 radical (unpaired) electrons. The summed E-state index contributed by atoms with van der Waals surface area (Å²) in [6.45, 7) is 3.06. The Bertz CT molecular complexity index is 1750. The van der Waals surface area contributed by atoms with Crippen molar-refractivity contribution in [1.29, 1.82) is 0 Å². The fraction of sp³-hybridized carbons (Fsp3) is 0.222. The zero-order valence-corrected chi connectivity index (χ0v) is 23.9. The molecule has 0 saturated heterocycles. The summed E-state index contributed by atoms with van der Waals surface area (Å²) in [6.07, 6.45) is 2.28. The average molecular weight is 604 g/mol. The molecule has 0 aliphatic rings. The number of anilines is 3. The van der Waals surface area contributed by atoms with Crippen LogP contribution in [0, 0.1) is 5.82 Å². The first kappa shape index (κ1) is 29.9. The van der Waals surface area contributed by atoms with Gasteiger partial charge in [-0.15, -0.1) is 9.35 Å². The molecule has 11 nitrogen and oxygen atoms in total. The van der Waals surface area contributed by atoms with E-state index < -0.39 is 33.2 Å². The lowest BCUT2D eigenvalue weighted by molar-refractivity contribution is 0.210. The van der Waals surface area contributed by atoms with Crippen molar-refractivity contribution in [2.24, 2.45) is 0 Å². The second-order valence-corrected chi connectivity index (χ2v) is 10.8. The Balaban J connectivity index is 1.84. The number of aromatic nitrogens is 2. The lowest BCUT2D eigenvalue weighted by Gasteiger charge is -2.22. The topological polar surface area (TPSA) is 132 Å². The van der Waals surface area contributed by atoms with Gasteiger partial charge in [-0.2, -0.15) is 8.42 Å². The molecule has 0 saturated carbocycles. The SMILES string of the molecule is CCn1c(=O)c(-c2cc(N(OS(C)(=O)=O)C(=O)Nc3ccccc3)c(F)cc2Cl)cc2cnc(NCCOC)cc21. The summed E-state index contributed by atoms with van der Waals surface area (Å²) in [5, 5.41) is 6.28. The largest absolute Gasteiger partial charge is 0.383 e. The van der Waals surface area contributed by atoms with E-state index in [1.165, 1.54) is 4.57 Å². The number of nitrogens with one attached hydrogen (secondary N) is 2. The maximum atomic E-state index is 15.3. The zero-order valence-electron chi connectivity index (χ0n) is 22.4.